The predicted octanol–water partition coefficient (Wildman–Crippen LogP) is 3.08. The molecule has 2 rings (SSSR count). The molecule has 0 aliphatic rings. The Kier molecular flexibility index (Phi) is 5.65. The maximum absolute atomic E-state index is 8.87. The number of nitrogens with zero attached hydrogens (tertiary/aromatic N) is 1. The Hall–Kier alpha value is -1.78. The molecule has 0 fully saturated rings. The highest BCUT2D eigenvalue weighted by atomic mass is 35.5. The third-order valence-corrected chi connectivity index (χ3v) is 2.82. The maximum atomic E-state index is 8.87. The number of pyridine rings is 1. The number of aliphatic hydroxyl groups is 1. The van der Waals surface area contributed by atoms with Crippen molar-refractivity contribution in [3.63, 3.8) is 0 Å². The molecular weight excluding hydrogens is 278 g/mol. The van der Waals surface area contributed by atoms with E-state index in [0.29, 0.717) is 29.7 Å². The standard InChI is InChI=1S/C15H16ClNO3/c16-12-3-1-4-14(9-12)19-7-2-8-20-15-6-5-13(11-18)17-10-15/h1,3-6,9-10,18H,2,7-8,11H2. The lowest BCUT2D eigenvalue weighted by molar-refractivity contribution is 0.246. The van der Waals surface area contributed by atoms with Crippen molar-refractivity contribution >= 4 is 11.6 Å². The maximum Gasteiger partial charge on any atom is 0.137 e. The van der Waals surface area contributed by atoms with E-state index in [-0.39, 0.29) is 6.61 Å². The summed E-state index contributed by atoms with van der Waals surface area (Å²) in [6.07, 6.45) is 2.36. The van der Waals surface area contributed by atoms with Gasteiger partial charge in [0, 0.05) is 11.4 Å². The van der Waals surface area contributed by atoms with Crippen LogP contribution in [0.3, 0.4) is 0 Å². The summed E-state index contributed by atoms with van der Waals surface area (Å²) < 4.78 is 11.1. The molecule has 1 heterocycles. The van der Waals surface area contributed by atoms with Crippen molar-refractivity contribution in [1.29, 1.82) is 0 Å². The van der Waals surface area contributed by atoms with Crippen LogP contribution >= 0.6 is 11.6 Å². The molecule has 0 saturated heterocycles. The van der Waals surface area contributed by atoms with Gasteiger partial charge in [0.05, 0.1) is 31.7 Å². The molecule has 4 nitrogen and oxygen atoms in total. The van der Waals surface area contributed by atoms with Gasteiger partial charge in [-0.3, -0.25) is 4.98 Å². The van der Waals surface area contributed by atoms with Crippen LogP contribution in [0.1, 0.15) is 12.1 Å². The highest BCUT2D eigenvalue weighted by molar-refractivity contribution is 6.30. The third kappa shape index (κ3) is 4.72. The molecule has 106 valence electrons. The van der Waals surface area contributed by atoms with Crippen LogP contribution in [0.25, 0.3) is 0 Å². The largest absolute Gasteiger partial charge is 0.493 e. The molecule has 2 aromatic rings. The summed E-state index contributed by atoms with van der Waals surface area (Å²) in [7, 11) is 0. The minimum absolute atomic E-state index is 0.0618. The fourth-order valence-electron chi connectivity index (χ4n) is 1.59. The van der Waals surface area contributed by atoms with Crippen molar-refractivity contribution < 1.29 is 14.6 Å². The van der Waals surface area contributed by atoms with Gasteiger partial charge in [0.25, 0.3) is 0 Å². The molecule has 0 bridgehead atoms. The van der Waals surface area contributed by atoms with Crippen molar-refractivity contribution in [2.75, 3.05) is 13.2 Å². The minimum Gasteiger partial charge on any atom is -0.493 e. The van der Waals surface area contributed by atoms with Gasteiger partial charge in [0.1, 0.15) is 11.5 Å². The van der Waals surface area contributed by atoms with Crippen LogP contribution in [0, 0.1) is 0 Å². The van der Waals surface area contributed by atoms with Crippen molar-refractivity contribution in [2.24, 2.45) is 0 Å². The SMILES string of the molecule is OCc1ccc(OCCCOc2cccc(Cl)c2)cn1. The van der Waals surface area contributed by atoms with Crippen LogP contribution < -0.4 is 9.47 Å². The number of rotatable bonds is 7. The van der Waals surface area contributed by atoms with Gasteiger partial charge in [0.15, 0.2) is 0 Å². The summed E-state index contributed by atoms with van der Waals surface area (Å²) in [5.74, 6) is 1.44. The quantitative estimate of drug-likeness (QED) is 0.797. The molecule has 0 aliphatic carbocycles. The predicted molar refractivity (Wildman–Crippen MR) is 77.2 cm³/mol. The van der Waals surface area contributed by atoms with E-state index in [9.17, 15) is 0 Å². The number of hydrogen-bond acceptors (Lipinski definition) is 4. The Balaban J connectivity index is 1.66. The third-order valence-electron chi connectivity index (χ3n) is 2.58. The van der Waals surface area contributed by atoms with Gasteiger partial charge < -0.3 is 14.6 Å². The topological polar surface area (TPSA) is 51.6 Å². The van der Waals surface area contributed by atoms with Gasteiger partial charge in [-0.05, 0) is 30.3 Å². The monoisotopic (exact) mass is 293 g/mol. The number of aromatic nitrogens is 1. The van der Waals surface area contributed by atoms with E-state index in [4.69, 9.17) is 26.2 Å². The van der Waals surface area contributed by atoms with Gasteiger partial charge in [-0.25, -0.2) is 0 Å². The Labute approximate surface area is 122 Å². The average molecular weight is 294 g/mol. The van der Waals surface area contributed by atoms with E-state index >= 15 is 0 Å². The zero-order chi connectivity index (χ0) is 14.2. The molecule has 0 atom stereocenters. The lowest BCUT2D eigenvalue weighted by Crippen LogP contribution is -2.05. The first-order valence-corrected chi connectivity index (χ1v) is 6.72. The lowest BCUT2D eigenvalue weighted by Gasteiger charge is -2.08. The normalized spacial score (nSPS) is 10.3. The van der Waals surface area contributed by atoms with Gasteiger partial charge in [-0.2, -0.15) is 0 Å². The fraction of sp³-hybridized carbons (Fsp3) is 0.267. The number of hydrogen-bond donors (Lipinski definition) is 1. The summed E-state index contributed by atoms with van der Waals surface area (Å²) in [6, 6.07) is 10.8. The molecule has 1 aromatic carbocycles. The molecule has 20 heavy (non-hydrogen) atoms. The number of aliphatic hydroxyl groups excluding tert-OH is 1. The molecule has 0 aliphatic heterocycles. The minimum atomic E-state index is -0.0618. The van der Waals surface area contributed by atoms with Gasteiger partial charge in [-0.1, -0.05) is 17.7 Å². The van der Waals surface area contributed by atoms with E-state index in [1.54, 1.807) is 30.5 Å². The van der Waals surface area contributed by atoms with Gasteiger partial charge >= 0.3 is 0 Å². The first-order chi connectivity index (χ1) is 9.78. The van der Waals surface area contributed by atoms with Crippen LogP contribution in [0.15, 0.2) is 42.6 Å². The molecule has 1 aromatic heterocycles. The Morgan fingerprint density at radius 1 is 1.05 bits per heavy atom. The molecule has 0 amide bonds. The summed E-state index contributed by atoms with van der Waals surface area (Å²) >= 11 is 5.86. The summed E-state index contributed by atoms with van der Waals surface area (Å²) in [4.78, 5) is 4.03. The van der Waals surface area contributed by atoms with Crippen molar-refractivity contribution in [1.82, 2.24) is 4.98 Å². The number of halogens is 1. The zero-order valence-corrected chi connectivity index (χ0v) is 11.7. The highest BCUT2D eigenvalue weighted by Gasteiger charge is 1.98. The van der Waals surface area contributed by atoms with Crippen molar-refractivity contribution in [3.8, 4) is 11.5 Å². The second-order valence-corrected chi connectivity index (χ2v) is 4.59. The van der Waals surface area contributed by atoms with E-state index < -0.39 is 0 Å². The second-order valence-electron chi connectivity index (χ2n) is 4.15. The van der Waals surface area contributed by atoms with Crippen LogP contribution in [0.5, 0.6) is 11.5 Å². The van der Waals surface area contributed by atoms with E-state index in [2.05, 4.69) is 4.98 Å². The number of ether oxygens (including phenoxy) is 2. The van der Waals surface area contributed by atoms with Crippen LogP contribution in [-0.2, 0) is 6.61 Å². The molecule has 1 N–H and O–H groups in total. The summed E-state index contributed by atoms with van der Waals surface area (Å²) in [5.41, 5.74) is 0.627. The van der Waals surface area contributed by atoms with Gasteiger partial charge in [-0.15, -0.1) is 0 Å². The lowest BCUT2D eigenvalue weighted by atomic mass is 10.3. The molecule has 0 unspecified atom stereocenters. The number of benzene rings is 1. The second kappa shape index (κ2) is 7.72. The molecule has 0 radical (unpaired) electrons. The van der Waals surface area contributed by atoms with Crippen LogP contribution in [0.2, 0.25) is 5.02 Å². The molecule has 0 spiro atoms. The first kappa shape index (κ1) is 14.6. The Morgan fingerprint density at radius 3 is 2.50 bits per heavy atom. The van der Waals surface area contributed by atoms with Gasteiger partial charge in [0.2, 0.25) is 0 Å². The van der Waals surface area contributed by atoms with E-state index in [1.807, 2.05) is 12.1 Å². The van der Waals surface area contributed by atoms with Crippen molar-refractivity contribution in [2.45, 2.75) is 13.0 Å². The summed E-state index contributed by atoms with van der Waals surface area (Å²) in [6.45, 7) is 1.04. The first-order valence-electron chi connectivity index (χ1n) is 6.35. The molecule has 5 heteroatoms. The highest BCUT2D eigenvalue weighted by Crippen LogP contribution is 2.17. The summed E-state index contributed by atoms with van der Waals surface area (Å²) in [5, 5.41) is 9.53. The zero-order valence-electron chi connectivity index (χ0n) is 11.0. The van der Waals surface area contributed by atoms with E-state index in [1.165, 1.54) is 0 Å². The average Bonchev–Trinajstić information content (AvgIpc) is 2.48. The Morgan fingerprint density at radius 2 is 1.85 bits per heavy atom. The molecule has 0 saturated carbocycles. The Bertz CT molecular complexity index is 531. The fourth-order valence-corrected chi connectivity index (χ4v) is 1.77. The van der Waals surface area contributed by atoms with Crippen LogP contribution in [-0.4, -0.2) is 23.3 Å². The van der Waals surface area contributed by atoms with Crippen molar-refractivity contribution in [3.05, 3.63) is 53.3 Å². The van der Waals surface area contributed by atoms with Crippen LogP contribution in [0.4, 0.5) is 0 Å². The molecular formula is C15H16ClNO3. The van der Waals surface area contributed by atoms with E-state index in [0.717, 1.165) is 12.2 Å². The smallest absolute Gasteiger partial charge is 0.137 e.